The zero-order valence-electron chi connectivity index (χ0n) is 10.7. The highest BCUT2D eigenvalue weighted by molar-refractivity contribution is 7.89. The minimum atomic E-state index is -3.50. The lowest BCUT2D eigenvalue weighted by Gasteiger charge is -2.16. The molecule has 108 valence electrons. The van der Waals surface area contributed by atoms with Crippen molar-refractivity contribution in [2.45, 2.75) is 10.8 Å². The van der Waals surface area contributed by atoms with Crippen LogP contribution in [-0.2, 0) is 10.0 Å². The molecule has 0 radical (unpaired) electrons. The summed E-state index contributed by atoms with van der Waals surface area (Å²) in [7, 11) is -0.664. The molecule has 0 fully saturated rings. The number of halogens is 2. The minimum absolute atomic E-state index is 0.105. The van der Waals surface area contributed by atoms with Crippen molar-refractivity contribution in [1.29, 1.82) is 0 Å². The van der Waals surface area contributed by atoms with Gasteiger partial charge in [-0.1, -0.05) is 0 Å². The van der Waals surface area contributed by atoms with Crippen LogP contribution in [0.1, 0.15) is 0 Å². The van der Waals surface area contributed by atoms with Gasteiger partial charge in [-0.05, 0) is 24.3 Å². The highest BCUT2D eigenvalue weighted by Crippen LogP contribution is 2.18. The molecule has 1 rings (SSSR count). The fraction of sp³-hybridized carbons (Fsp3) is 0.455. The third kappa shape index (κ3) is 4.12. The van der Waals surface area contributed by atoms with Crippen molar-refractivity contribution in [1.82, 2.24) is 4.31 Å². The van der Waals surface area contributed by atoms with E-state index >= 15 is 0 Å². The van der Waals surface area contributed by atoms with E-state index in [1.54, 1.807) is 0 Å². The third-order valence-electron chi connectivity index (χ3n) is 2.48. The van der Waals surface area contributed by atoms with E-state index in [0.29, 0.717) is 5.69 Å². The standard InChI is InChI=1S/C11H17F2N3O2S/c1-16(2)19(17,18)10-5-3-9(4-6-10)15-8-11(12,13)7-14/h3-6,15H,7-8,14H2,1-2H3. The Morgan fingerprint density at radius 2 is 1.79 bits per heavy atom. The lowest BCUT2D eigenvalue weighted by Crippen LogP contribution is -2.35. The number of sulfonamides is 1. The second-order valence-corrected chi connectivity index (χ2v) is 6.38. The van der Waals surface area contributed by atoms with Gasteiger partial charge in [-0.15, -0.1) is 0 Å². The lowest BCUT2D eigenvalue weighted by molar-refractivity contribution is 0.0254. The van der Waals surface area contributed by atoms with E-state index in [1.165, 1.54) is 38.4 Å². The molecule has 1 aromatic rings. The second-order valence-electron chi connectivity index (χ2n) is 4.23. The SMILES string of the molecule is CN(C)S(=O)(=O)c1ccc(NCC(F)(F)CN)cc1. The zero-order valence-corrected chi connectivity index (χ0v) is 11.5. The molecule has 0 spiro atoms. The van der Waals surface area contributed by atoms with Gasteiger partial charge in [0.1, 0.15) is 0 Å². The molecule has 3 N–H and O–H groups in total. The van der Waals surface area contributed by atoms with Gasteiger partial charge in [0.05, 0.1) is 18.0 Å². The second kappa shape index (κ2) is 5.81. The quantitative estimate of drug-likeness (QED) is 0.818. The maximum atomic E-state index is 12.9. The lowest BCUT2D eigenvalue weighted by atomic mass is 10.3. The van der Waals surface area contributed by atoms with Crippen LogP contribution in [0.2, 0.25) is 0 Å². The van der Waals surface area contributed by atoms with E-state index < -0.39 is 29.0 Å². The highest BCUT2D eigenvalue weighted by atomic mass is 32.2. The molecular weight excluding hydrogens is 276 g/mol. The number of hydrogen-bond donors (Lipinski definition) is 2. The van der Waals surface area contributed by atoms with Crippen molar-refractivity contribution in [3.63, 3.8) is 0 Å². The fourth-order valence-corrected chi connectivity index (χ4v) is 2.16. The number of nitrogens with zero attached hydrogens (tertiary/aromatic N) is 1. The summed E-state index contributed by atoms with van der Waals surface area (Å²) >= 11 is 0. The van der Waals surface area contributed by atoms with Crippen LogP contribution in [-0.4, -0.2) is 45.8 Å². The Kier molecular flexibility index (Phi) is 4.83. The van der Waals surface area contributed by atoms with Crippen molar-refractivity contribution >= 4 is 15.7 Å². The molecule has 0 aromatic heterocycles. The maximum absolute atomic E-state index is 12.9. The molecule has 1 aromatic carbocycles. The van der Waals surface area contributed by atoms with E-state index in [2.05, 4.69) is 5.32 Å². The van der Waals surface area contributed by atoms with Crippen LogP contribution in [0.5, 0.6) is 0 Å². The predicted octanol–water partition coefficient (Wildman–Crippen LogP) is 0.943. The van der Waals surface area contributed by atoms with Gasteiger partial charge in [0, 0.05) is 19.8 Å². The summed E-state index contributed by atoms with van der Waals surface area (Å²) in [5, 5.41) is 2.51. The van der Waals surface area contributed by atoms with Gasteiger partial charge in [0.15, 0.2) is 0 Å². The monoisotopic (exact) mass is 293 g/mol. The van der Waals surface area contributed by atoms with Gasteiger partial charge in [0.2, 0.25) is 10.0 Å². The Bertz CT molecular complexity index is 515. The van der Waals surface area contributed by atoms with Crippen molar-refractivity contribution in [2.75, 3.05) is 32.5 Å². The molecule has 0 heterocycles. The molecule has 0 aliphatic rings. The van der Waals surface area contributed by atoms with Crippen LogP contribution < -0.4 is 11.1 Å². The van der Waals surface area contributed by atoms with E-state index in [9.17, 15) is 17.2 Å². The van der Waals surface area contributed by atoms with Gasteiger partial charge in [0.25, 0.3) is 5.92 Å². The third-order valence-corrected chi connectivity index (χ3v) is 4.31. The molecule has 0 aliphatic heterocycles. The first-order valence-corrected chi connectivity index (χ1v) is 6.97. The van der Waals surface area contributed by atoms with Crippen LogP contribution >= 0.6 is 0 Å². The summed E-state index contributed by atoms with van der Waals surface area (Å²) in [5.74, 6) is -2.99. The molecule has 0 aliphatic carbocycles. The minimum Gasteiger partial charge on any atom is -0.379 e. The van der Waals surface area contributed by atoms with Crippen LogP contribution in [0.3, 0.4) is 0 Å². The largest absolute Gasteiger partial charge is 0.379 e. The first kappa shape index (κ1) is 15.8. The van der Waals surface area contributed by atoms with Gasteiger partial charge in [-0.2, -0.15) is 0 Å². The predicted molar refractivity (Wildman–Crippen MR) is 69.8 cm³/mol. The number of nitrogens with two attached hydrogens (primary N) is 1. The van der Waals surface area contributed by atoms with E-state index in [1.807, 2.05) is 0 Å². The Balaban J connectivity index is 2.78. The average molecular weight is 293 g/mol. The van der Waals surface area contributed by atoms with E-state index in [4.69, 9.17) is 5.73 Å². The highest BCUT2D eigenvalue weighted by Gasteiger charge is 2.26. The Morgan fingerprint density at radius 3 is 2.21 bits per heavy atom. The van der Waals surface area contributed by atoms with Crippen LogP contribution in [0.25, 0.3) is 0 Å². The maximum Gasteiger partial charge on any atom is 0.276 e. The van der Waals surface area contributed by atoms with Crippen molar-refractivity contribution < 1.29 is 17.2 Å². The average Bonchev–Trinajstić information content (AvgIpc) is 2.37. The first-order chi connectivity index (χ1) is 8.69. The number of benzene rings is 1. The van der Waals surface area contributed by atoms with E-state index in [0.717, 1.165) is 4.31 Å². The molecule has 0 bridgehead atoms. The summed E-state index contributed by atoms with van der Waals surface area (Å²) in [6, 6.07) is 5.59. The molecule has 0 unspecified atom stereocenters. The molecule has 8 heteroatoms. The van der Waals surface area contributed by atoms with Crippen molar-refractivity contribution in [3.8, 4) is 0 Å². The molecule has 0 amide bonds. The Morgan fingerprint density at radius 1 is 1.26 bits per heavy atom. The number of alkyl halides is 2. The molecule has 19 heavy (non-hydrogen) atoms. The summed E-state index contributed by atoms with van der Waals surface area (Å²) in [6.07, 6.45) is 0. The number of hydrogen-bond acceptors (Lipinski definition) is 4. The zero-order chi connectivity index (χ0) is 14.7. The van der Waals surface area contributed by atoms with Crippen molar-refractivity contribution in [3.05, 3.63) is 24.3 Å². The smallest absolute Gasteiger partial charge is 0.276 e. The number of anilines is 1. The topological polar surface area (TPSA) is 75.4 Å². The molecule has 0 atom stereocenters. The van der Waals surface area contributed by atoms with Crippen LogP contribution in [0, 0.1) is 0 Å². The molecule has 0 saturated heterocycles. The van der Waals surface area contributed by atoms with Gasteiger partial charge < -0.3 is 11.1 Å². The van der Waals surface area contributed by atoms with Crippen molar-refractivity contribution in [2.24, 2.45) is 5.73 Å². The molecule has 5 nitrogen and oxygen atoms in total. The van der Waals surface area contributed by atoms with Gasteiger partial charge >= 0.3 is 0 Å². The number of nitrogens with one attached hydrogen (secondary N) is 1. The summed E-state index contributed by atoms with van der Waals surface area (Å²) < 4.78 is 50.5. The molecule has 0 saturated carbocycles. The first-order valence-electron chi connectivity index (χ1n) is 5.53. The summed E-state index contributed by atoms with van der Waals surface area (Å²) in [5.41, 5.74) is 5.32. The Hall–Kier alpha value is -1.25. The van der Waals surface area contributed by atoms with Gasteiger partial charge in [-0.3, -0.25) is 0 Å². The Labute approximate surface area is 111 Å². The van der Waals surface area contributed by atoms with Gasteiger partial charge in [-0.25, -0.2) is 21.5 Å². The summed E-state index contributed by atoms with van der Waals surface area (Å²) in [4.78, 5) is 0.105. The van der Waals surface area contributed by atoms with Crippen LogP contribution in [0.15, 0.2) is 29.2 Å². The molecular formula is C11H17F2N3O2S. The normalized spacial score (nSPS) is 12.7. The fourth-order valence-electron chi connectivity index (χ4n) is 1.26. The number of rotatable bonds is 6. The van der Waals surface area contributed by atoms with Crippen LogP contribution in [0.4, 0.5) is 14.5 Å². The van der Waals surface area contributed by atoms with E-state index in [-0.39, 0.29) is 4.90 Å². The summed E-state index contributed by atoms with van der Waals surface area (Å²) in [6.45, 7) is -1.34.